The van der Waals surface area contributed by atoms with Crippen LogP contribution in [0.4, 0.5) is 5.69 Å². The van der Waals surface area contributed by atoms with Crippen LogP contribution in [0, 0.1) is 20.9 Å². The summed E-state index contributed by atoms with van der Waals surface area (Å²) < 4.78 is 12.6. The standard InChI is InChI=1S/C37H43BrN2O6/c1-36(2)17-27-33(29(41)19-36)32(34-28(18-37(3,4)20-30(34)42)39(27)24-11-7-6-8-12-24)23-15-26(38)35(31(16-23)45-5)46-21-22-10-9-13-25(14-22)40(43)44/h9-10,13-16,24,32H,6-8,11-12,17-21H2,1-5H3. The van der Waals surface area contributed by atoms with E-state index in [1.165, 1.54) is 18.6 Å². The molecule has 8 nitrogen and oxygen atoms in total. The number of nitro benzene ring substituents is 1. The number of hydrogen-bond donors (Lipinski definition) is 0. The van der Waals surface area contributed by atoms with E-state index in [2.05, 4.69) is 48.5 Å². The highest BCUT2D eigenvalue weighted by Crippen LogP contribution is 2.56. The molecule has 0 saturated heterocycles. The molecule has 0 radical (unpaired) electrons. The number of hydrogen-bond acceptors (Lipinski definition) is 7. The van der Waals surface area contributed by atoms with Gasteiger partial charge in [-0.05, 0) is 75.7 Å². The number of halogens is 1. The van der Waals surface area contributed by atoms with E-state index >= 15 is 0 Å². The maximum absolute atomic E-state index is 14.3. The fraction of sp³-hybridized carbons (Fsp3) is 0.514. The van der Waals surface area contributed by atoms with E-state index in [-0.39, 0.29) is 34.7 Å². The summed E-state index contributed by atoms with van der Waals surface area (Å²) in [5.41, 5.74) is 4.83. The fourth-order valence-electron chi connectivity index (χ4n) is 8.07. The van der Waals surface area contributed by atoms with Gasteiger partial charge in [0.05, 0.1) is 16.5 Å². The van der Waals surface area contributed by atoms with Gasteiger partial charge in [-0.2, -0.15) is 0 Å². The van der Waals surface area contributed by atoms with Gasteiger partial charge in [0.1, 0.15) is 6.61 Å². The number of methoxy groups -OCH3 is 1. The van der Waals surface area contributed by atoms with Crippen molar-refractivity contribution in [2.45, 2.75) is 104 Å². The van der Waals surface area contributed by atoms with Crippen LogP contribution in [0.2, 0.25) is 0 Å². The lowest BCUT2D eigenvalue weighted by Crippen LogP contribution is -2.48. The Morgan fingerprint density at radius 3 is 2.09 bits per heavy atom. The summed E-state index contributed by atoms with van der Waals surface area (Å²) in [5.74, 6) is 0.645. The average molecular weight is 692 g/mol. The zero-order valence-corrected chi connectivity index (χ0v) is 29.0. The molecule has 0 aromatic heterocycles. The van der Waals surface area contributed by atoms with Crippen LogP contribution in [-0.2, 0) is 16.2 Å². The number of carbonyl (C=O) groups is 2. The van der Waals surface area contributed by atoms with E-state index in [1.54, 1.807) is 19.2 Å². The van der Waals surface area contributed by atoms with Gasteiger partial charge in [0, 0.05) is 59.5 Å². The topological polar surface area (TPSA) is 99.0 Å². The average Bonchev–Trinajstić information content (AvgIpc) is 2.98. The first-order valence-corrected chi connectivity index (χ1v) is 17.1. The van der Waals surface area contributed by atoms with Gasteiger partial charge in [0.25, 0.3) is 5.69 Å². The van der Waals surface area contributed by atoms with Gasteiger partial charge in [-0.3, -0.25) is 19.7 Å². The third-order valence-electron chi connectivity index (χ3n) is 9.98. The number of ketones is 2. The second kappa shape index (κ2) is 12.3. The van der Waals surface area contributed by atoms with Gasteiger partial charge in [0.2, 0.25) is 0 Å². The molecule has 3 aliphatic carbocycles. The van der Waals surface area contributed by atoms with Gasteiger partial charge in [-0.1, -0.05) is 59.1 Å². The predicted molar refractivity (Wildman–Crippen MR) is 180 cm³/mol. The summed E-state index contributed by atoms with van der Waals surface area (Å²) in [4.78, 5) is 41.9. The second-order valence-electron chi connectivity index (χ2n) is 14.9. The number of nitrogens with zero attached hydrogens (tertiary/aromatic N) is 2. The van der Waals surface area contributed by atoms with Crippen molar-refractivity contribution in [3.63, 3.8) is 0 Å². The van der Waals surface area contributed by atoms with Crippen LogP contribution < -0.4 is 9.47 Å². The molecule has 0 unspecified atom stereocenters. The van der Waals surface area contributed by atoms with Crippen molar-refractivity contribution in [2.75, 3.05) is 7.11 Å². The molecule has 6 rings (SSSR count). The smallest absolute Gasteiger partial charge is 0.269 e. The highest BCUT2D eigenvalue weighted by Gasteiger charge is 2.50. The van der Waals surface area contributed by atoms with Crippen molar-refractivity contribution in [3.8, 4) is 11.5 Å². The highest BCUT2D eigenvalue weighted by molar-refractivity contribution is 9.10. The van der Waals surface area contributed by atoms with Crippen LogP contribution in [0.5, 0.6) is 11.5 Å². The number of allylic oxidation sites excluding steroid dienone is 4. The number of rotatable bonds is 7. The van der Waals surface area contributed by atoms with E-state index in [0.29, 0.717) is 40.4 Å². The van der Waals surface area contributed by atoms with Crippen molar-refractivity contribution in [1.29, 1.82) is 0 Å². The Hall–Kier alpha value is -3.46. The molecule has 1 heterocycles. The lowest BCUT2D eigenvalue weighted by Gasteiger charge is -2.52. The molecule has 0 spiro atoms. The lowest BCUT2D eigenvalue weighted by atomic mass is 9.63. The number of nitro groups is 1. The summed E-state index contributed by atoms with van der Waals surface area (Å²) in [5, 5.41) is 11.3. The number of ether oxygens (including phenoxy) is 2. The normalized spacial score (nSPS) is 21.7. The minimum Gasteiger partial charge on any atom is -0.493 e. The molecule has 0 atom stereocenters. The van der Waals surface area contributed by atoms with Crippen LogP contribution in [-0.4, -0.2) is 34.5 Å². The van der Waals surface area contributed by atoms with Gasteiger partial charge >= 0.3 is 0 Å². The quantitative estimate of drug-likeness (QED) is 0.211. The van der Waals surface area contributed by atoms with Crippen molar-refractivity contribution in [2.24, 2.45) is 10.8 Å². The first-order chi connectivity index (χ1) is 21.8. The van der Waals surface area contributed by atoms with Crippen LogP contribution in [0.15, 0.2) is 63.4 Å². The SMILES string of the molecule is COc1cc(C2C3=C(CC(C)(C)CC3=O)N(C3CCCCC3)C3=C2C(=O)CC(C)(C)C3)cc(Br)c1OCc1cccc([N+](=O)[O-])c1. The summed E-state index contributed by atoms with van der Waals surface area (Å²) in [6.07, 6.45) is 8.12. The third-order valence-corrected chi connectivity index (χ3v) is 10.6. The maximum Gasteiger partial charge on any atom is 0.269 e. The monoisotopic (exact) mass is 690 g/mol. The first-order valence-electron chi connectivity index (χ1n) is 16.3. The Kier molecular flexibility index (Phi) is 8.68. The van der Waals surface area contributed by atoms with Crippen LogP contribution in [0.25, 0.3) is 0 Å². The highest BCUT2D eigenvalue weighted by atomic mass is 79.9. The minimum absolute atomic E-state index is 0.00383. The number of Topliss-reactive ketones (excluding diaryl/α,β-unsaturated/α-hetero) is 2. The zero-order valence-electron chi connectivity index (χ0n) is 27.4. The summed E-state index contributed by atoms with van der Waals surface area (Å²) in [6.45, 7) is 8.80. The number of benzene rings is 2. The third kappa shape index (κ3) is 6.15. The molecule has 1 aliphatic heterocycles. The molecule has 4 aliphatic rings. The van der Waals surface area contributed by atoms with Crippen molar-refractivity contribution >= 4 is 33.2 Å². The first kappa shape index (κ1) is 32.5. The Morgan fingerprint density at radius 1 is 0.913 bits per heavy atom. The Morgan fingerprint density at radius 2 is 1.52 bits per heavy atom. The summed E-state index contributed by atoms with van der Waals surface area (Å²) in [7, 11) is 1.56. The molecule has 0 amide bonds. The maximum atomic E-state index is 14.3. The van der Waals surface area contributed by atoms with Gasteiger partial charge in [-0.15, -0.1) is 0 Å². The zero-order chi connectivity index (χ0) is 33.0. The molecule has 0 bridgehead atoms. The molecular weight excluding hydrogens is 648 g/mol. The van der Waals surface area contributed by atoms with Gasteiger partial charge in [0.15, 0.2) is 23.1 Å². The Bertz CT molecular complexity index is 1610. The van der Waals surface area contributed by atoms with Crippen LogP contribution >= 0.6 is 15.9 Å². The molecule has 2 aromatic carbocycles. The van der Waals surface area contributed by atoms with Crippen molar-refractivity contribution < 1.29 is 24.0 Å². The molecule has 9 heteroatoms. The van der Waals surface area contributed by atoms with Crippen LogP contribution in [0.3, 0.4) is 0 Å². The molecular formula is C37H43BrN2O6. The lowest BCUT2D eigenvalue weighted by molar-refractivity contribution is -0.384. The molecule has 46 heavy (non-hydrogen) atoms. The van der Waals surface area contributed by atoms with Gasteiger partial charge in [-0.25, -0.2) is 0 Å². The van der Waals surface area contributed by atoms with E-state index in [1.807, 2.05) is 12.1 Å². The van der Waals surface area contributed by atoms with E-state index in [0.717, 1.165) is 66.6 Å². The van der Waals surface area contributed by atoms with E-state index in [9.17, 15) is 19.7 Å². The largest absolute Gasteiger partial charge is 0.493 e. The number of carbonyl (C=O) groups excluding carboxylic acids is 2. The van der Waals surface area contributed by atoms with Crippen LogP contribution in [0.1, 0.15) is 103 Å². The summed E-state index contributed by atoms with van der Waals surface area (Å²) in [6, 6.07) is 10.5. The fourth-order valence-corrected chi connectivity index (χ4v) is 8.65. The molecule has 1 saturated carbocycles. The van der Waals surface area contributed by atoms with E-state index < -0.39 is 10.8 Å². The van der Waals surface area contributed by atoms with Gasteiger partial charge < -0.3 is 14.4 Å². The Labute approximate surface area is 279 Å². The summed E-state index contributed by atoms with van der Waals surface area (Å²) >= 11 is 3.71. The molecule has 0 N–H and O–H groups in total. The minimum atomic E-state index is -0.493. The number of non-ortho nitro benzene ring substituents is 1. The van der Waals surface area contributed by atoms with E-state index in [4.69, 9.17) is 9.47 Å². The van der Waals surface area contributed by atoms with Crippen molar-refractivity contribution in [3.05, 3.63) is 84.7 Å². The second-order valence-corrected chi connectivity index (χ2v) is 15.8. The predicted octanol–water partition coefficient (Wildman–Crippen LogP) is 8.96. The molecule has 1 fully saturated rings. The van der Waals surface area contributed by atoms with Crippen molar-refractivity contribution in [1.82, 2.24) is 4.90 Å². The Balaban J connectivity index is 1.48. The molecule has 2 aromatic rings. The molecule has 244 valence electrons.